The molecule has 0 unspecified atom stereocenters. The highest BCUT2D eigenvalue weighted by Crippen LogP contribution is 2.34. The van der Waals surface area contributed by atoms with Gasteiger partial charge in [-0.15, -0.1) is 0 Å². The fraction of sp³-hybridized carbons (Fsp3) is 0.167. The molecule has 4 heterocycles. The van der Waals surface area contributed by atoms with Gasteiger partial charge >= 0.3 is 0 Å². The number of hydrogen-bond acceptors (Lipinski definition) is 5. The number of pyridine rings is 2. The van der Waals surface area contributed by atoms with E-state index in [9.17, 15) is 4.39 Å². The van der Waals surface area contributed by atoms with E-state index in [0.717, 1.165) is 62.3 Å². The molecule has 0 saturated carbocycles. The zero-order valence-corrected chi connectivity index (χ0v) is 21.7. The molecular formula is C30H30FN7. The Bertz CT molecular complexity index is 1670. The van der Waals surface area contributed by atoms with Crippen molar-refractivity contribution in [1.82, 2.24) is 30.0 Å². The molecule has 0 aliphatic rings. The topological polar surface area (TPSA) is 85.5 Å². The molecule has 5 rings (SSSR count). The number of allylic oxidation sites excluding steroid dienone is 5. The molecule has 0 saturated heterocycles. The molecule has 7 nitrogen and oxygen atoms in total. The minimum Gasteiger partial charge on any atom is -0.384 e. The Hall–Kier alpha value is -4.56. The fourth-order valence-electron chi connectivity index (χ4n) is 4.43. The number of halogens is 1. The molecule has 0 bridgehead atoms. The summed E-state index contributed by atoms with van der Waals surface area (Å²) in [6.45, 7) is 7.29. The van der Waals surface area contributed by atoms with Crippen molar-refractivity contribution in [2.24, 2.45) is 0 Å². The standard InChI is InChI=1S/C30H30FN7/c1-5-7-8-19(6-2)25-9-10-26-29(35-25)30(37-36-26)27-16-23-24(17-32-18-28(23)34-27)20-13-21(31)15-22(14-20)33-11-12-38(3)4/h5-10,13-18,33-34H,1,11-12H2,2-4H3,(H,36,37)/b8-7-,19-6+. The van der Waals surface area contributed by atoms with Crippen molar-refractivity contribution in [2.75, 3.05) is 32.5 Å². The van der Waals surface area contributed by atoms with E-state index in [-0.39, 0.29) is 5.82 Å². The number of likely N-dealkylation sites (N-methyl/N-ethyl adjacent to an activating group) is 1. The maximum atomic E-state index is 14.6. The zero-order valence-electron chi connectivity index (χ0n) is 21.7. The van der Waals surface area contributed by atoms with Crippen molar-refractivity contribution in [1.29, 1.82) is 0 Å². The molecule has 0 aliphatic heterocycles. The van der Waals surface area contributed by atoms with Crippen LogP contribution >= 0.6 is 0 Å². The Morgan fingerprint density at radius 1 is 1.13 bits per heavy atom. The first-order chi connectivity index (χ1) is 18.5. The predicted molar refractivity (Wildman–Crippen MR) is 154 cm³/mol. The van der Waals surface area contributed by atoms with E-state index in [1.54, 1.807) is 18.5 Å². The fourth-order valence-corrected chi connectivity index (χ4v) is 4.43. The first-order valence-corrected chi connectivity index (χ1v) is 12.4. The van der Waals surface area contributed by atoms with Gasteiger partial charge in [-0.05, 0) is 68.6 Å². The lowest BCUT2D eigenvalue weighted by Crippen LogP contribution is -2.20. The summed E-state index contributed by atoms with van der Waals surface area (Å²) in [5.74, 6) is -0.303. The zero-order chi connectivity index (χ0) is 26.6. The Labute approximate surface area is 220 Å². The Morgan fingerprint density at radius 2 is 2.00 bits per heavy atom. The number of aromatic amines is 2. The summed E-state index contributed by atoms with van der Waals surface area (Å²) in [4.78, 5) is 14.8. The molecule has 0 fully saturated rings. The second-order valence-electron chi connectivity index (χ2n) is 9.29. The van der Waals surface area contributed by atoms with E-state index >= 15 is 0 Å². The van der Waals surface area contributed by atoms with E-state index in [4.69, 9.17) is 4.98 Å². The van der Waals surface area contributed by atoms with Crippen LogP contribution in [-0.2, 0) is 0 Å². The first-order valence-electron chi connectivity index (χ1n) is 12.4. The van der Waals surface area contributed by atoms with Crippen LogP contribution in [0.3, 0.4) is 0 Å². The maximum absolute atomic E-state index is 14.6. The normalized spacial score (nSPS) is 12.3. The van der Waals surface area contributed by atoms with Gasteiger partial charge in [0, 0.05) is 35.9 Å². The third-order valence-electron chi connectivity index (χ3n) is 6.32. The molecule has 0 aliphatic carbocycles. The van der Waals surface area contributed by atoms with Crippen LogP contribution in [-0.4, -0.2) is 57.2 Å². The average molecular weight is 508 g/mol. The number of hydrogen-bond donors (Lipinski definition) is 3. The molecule has 0 amide bonds. The van der Waals surface area contributed by atoms with Gasteiger partial charge in [0.2, 0.25) is 0 Å². The summed E-state index contributed by atoms with van der Waals surface area (Å²) in [5.41, 5.74) is 8.08. The molecule has 192 valence electrons. The highest BCUT2D eigenvalue weighted by atomic mass is 19.1. The molecule has 0 radical (unpaired) electrons. The molecule has 1 aromatic carbocycles. The van der Waals surface area contributed by atoms with Gasteiger partial charge < -0.3 is 15.2 Å². The lowest BCUT2D eigenvalue weighted by atomic mass is 10.0. The molecule has 0 atom stereocenters. The summed E-state index contributed by atoms with van der Waals surface area (Å²) in [6.07, 6.45) is 11.1. The van der Waals surface area contributed by atoms with Gasteiger partial charge in [-0.2, -0.15) is 5.10 Å². The van der Waals surface area contributed by atoms with Gasteiger partial charge in [0.15, 0.2) is 0 Å². The lowest BCUT2D eigenvalue weighted by Gasteiger charge is -2.13. The molecule has 0 spiro atoms. The SMILES string of the molecule is C=C/C=C\C(=C/C)c1ccc2[nH]nc(-c3cc4c(-c5cc(F)cc(NCCN(C)C)c5)cncc4[nH]3)c2n1. The average Bonchev–Trinajstić information content (AvgIpc) is 3.52. The third-order valence-corrected chi connectivity index (χ3v) is 6.32. The minimum absolute atomic E-state index is 0.303. The van der Waals surface area contributed by atoms with Crippen molar-refractivity contribution in [3.8, 4) is 22.5 Å². The highest BCUT2D eigenvalue weighted by molar-refractivity contribution is 6.00. The van der Waals surface area contributed by atoms with Crippen molar-refractivity contribution in [3.63, 3.8) is 0 Å². The highest BCUT2D eigenvalue weighted by Gasteiger charge is 2.16. The number of aromatic nitrogens is 5. The molecule has 5 aromatic rings. The summed E-state index contributed by atoms with van der Waals surface area (Å²) < 4.78 is 14.6. The van der Waals surface area contributed by atoms with Gasteiger partial charge in [-0.3, -0.25) is 10.1 Å². The van der Waals surface area contributed by atoms with E-state index in [0.29, 0.717) is 12.2 Å². The van der Waals surface area contributed by atoms with Gasteiger partial charge in [0.25, 0.3) is 0 Å². The summed E-state index contributed by atoms with van der Waals surface area (Å²) in [5, 5.41) is 11.9. The van der Waals surface area contributed by atoms with E-state index in [2.05, 4.69) is 37.0 Å². The molecule has 3 N–H and O–H groups in total. The number of benzene rings is 1. The van der Waals surface area contributed by atoms with Crippen molar-refractivity contribution < 1.29 is 4.39 Å². The number of fused-ring (bicyclic) bond motifs is 2. The monoisotopic (exact) mass is 507 g/mol. The van der Waals surface area contributed by atoms with Gasteiger partial charge in [0.1, 0.15) is 17.0 Å². The van der Waals surface area contributed by atoms with Crippen molar-refractivity contribution in [2.45, 2.75) is 6.92 Å². The molecule has 38 heavy (non-hydrogen) atoms. The van der Waals surface area contributed by atoms with E-state index < -0.39 is 0 Å². The van der Waals surface area contributed by atoms with Gasteiger partial charge in [-0.1, -0.05) is 30.9 Å². The van der Waals surface area contributed by atoms with Crippen LogP contribution < -0.4 is 5.32 Å². The van der Waals surface area contributed by atoms with Crippen LogP contribution in [0.25, 0.3) is 50.0 Å². The van der Waals surface area contributed by atoms with Gasteiger partial charge in [0.05, 0.1) is 28.6 Å². The van der Waals surface area contributed by atoms with Crippen LogP contribution in [0.1, 0.15) is 12.6 Å². The summed E-state index contributed by atoms with van der Waals surface area (Å²) in [7, 11) is 4.01. The van der Waals surface area contributed by atoms with Crippen molar-refractivity contribution in [3.05, 3.63) is 91.2 Å². The number of anilines is 1. The predicted octanol–water partition coefficient (Wildman–Crippen LogP) is 6.43. The summed E-state index contributed by atoms with van der Waals surface area (Å²) >= 11 is 0. The van der Waals surface area contributed by atoms with Crippen LogP contribution in [0.4, 0.5) is 10.1 Å². The second kappa shape index (κ2) is 10.8. The molecule has 4 aromatic heterocycles. The minimum atomic E-state index is -0.303. The number of nitrogens with one attached hydrogen (secondary N) is 3. The van der Waals surface area contributed by atoms with Crippen LogP contribution in [0.2, 0.25) is 0 Å². The lowest BCUT2D eigenvalue weighted by molar-refractivity contribution is 0.425. The van der Waals surface area contributed by atoms with Crippen LogP contribution in [0.5, 0.6) is 0 Å². The molecule has 8 heteroatoms. The van der Waals surface area contributed by atoms with E-state index in [1.165, 1.54) is 12.1 Å². The molecular weight excluding hydrogens is 477 g/mol. The van der Waals surface area contributed by atoms with Gasteiger partial charge in [-0.25, -0.2) is 9.37 Å². The Balaban J connectivity index is 1.55. The van der Waals surface area contributed by atoms with Crippen LogP contribution in [0, 0.1) is 5.82 Å². The largest absolute Gasteiger partial charge is 0.384 e. The maximum Gasteiger partial charge on any atom is 0.135 e. The number of rotatable bonds is 9. The Kier molecular flexibility index (Phi) is 7.15. The van der Waals surface area contributed by atoms with Crippen molar-refractivity contribution >= 4 is 33.2 Å². The van der Waals surface area contributed by atoms with E-state index in [1.807, 2.05) is 63.5 Å². The number of nitrogens with zero attached hydrogens (tertiary/aromatic N) is 4. The third kappa shape index (κ3) is 5.12. The number of H-pyrrole nitrogens is 2. The summed E-state index contributed by atoms with van der Waals surface area (Å²) in [6, 6.07) is 11.0. The first kappa shape index (κ1) is 25.1. The second-order valence-corrected chi connectivity index (χ2v) is 9.29. The smallest absolute Gasteiger partial charge is 0.135 e. The van der Waals surface area contributed by atoms with Crippen LogP contribution in [0.15, 0.2) is 79.7 Å². The Morgan fingerprint density at radius 3 is 2.79 bits per heavy atom. The quantitative estimate of drug-likeness (QED) is 0.200.